The Bertz CT molecular complexity index is 4640. The van der Waals surface area contributed by atoms with Crippen LogP contribution in [-0.4, -0.2) is 14.1 Å². The summed E-state index contributed by atoms with van der Waals surface area (Å²) >= 11 is 0. The number of para-hydroxylation sites is 6. The molecule has 0 spiro atoms. The van der Waals surface area contributed by atoms with Crippen LogP contribution in [0.1, 0.15) is 13.7 Å². The smallest absolute Gasteiger partial charge is 0.268 e. The number of hydrogen-bond acceptors (Lipinski definition) is 3. The van der Waals surface area contributed by atoms with Gasteiger partial charge >= 0.3 is 0 Å². The van der Waals surface area contributed by atoms with Gasteiger partial charge in [0.05, 0.1) is 47.5 Å². The monoisotopic (exact) mass is 1120 g/mol. The second-order valence-corrected chi connectivity index (χ2v) is 17.2. The Labute approximate surface area is 451 Å². The van der Waals surface area contributed by atoms with E-state index in [2.05, 4.69) is 119 Å². The molecule has 13 aromatic rings. The van der Waals surface area contributed by atoms with Crippen LogP contribution in [0.5, 0.6) is 11.5 Å². The van der Waals surface area contributed by atoms with E-state index in [9.17, 15) is 0 Å². The van der Waals surface area contributed by atoms with Crippen LogP contribution in [-0.2, 0) is 21.1 Å². The quantitative estimate of drug-likeness (QED) is 0.112. The maximum absolute atomic E-state index is 9.07. The van der Waals surface area contributed by atoms with Crippen LogP contribution in [0.3, 0.4) is 0 Å². The van der Waals surface area contributed by atoms with Crippen molar-refractivity contribution in [3.05, 3.63) is 267 Å². The second kappa shape index (κ2) is 18.3. The van der Waals surface area contributed by atoms with Gasteiger partial charge in [-0.05, 0) is 68.7 Å². The van der Waals surface area contributed by atoms with Gasteiger partial charge < -0.3 is 18.8 Å². The zero-order valence-corrected chi connectivity index (χ0v) is 40.6. The van der Waals surface area contributed by atoms with Gasteiger partial charge in [0.2, 0.25) is 0 Å². The van der Waals surface area contributed by atoms with Gasteiger partial charge in [0, 0.05) is 61.5 Å². The van der Waals surface area contributed by atoms with Crippen molar-refractivity contribution in [3.63, 3.8) is 0 Å². The summed E-state index contributed by atoms with van der Waals surface area (Å²) in [7, 11) is 0. The summed E-state index contributed by atoms with van der Waals surface area (Å²) in [5.41, 5.74) is 10.9. The molecule has 348 valence electrons. The van der Waals surface area contributed by atoms with Crippen LogP contribution in [0.4, 0.5) is 17.1 Å². The first-order valence-corrected chi connectivity index (χ1v) is 23.3. The van der Waals surface area contributed by atoms with Crippen molar-refractivity contribution in [2.75, 3.05) is 4.90 Å². The van der Waals surface area contributed by atoms with E-state index in [1.807, 2.05) is 66.9 Å². The van der Waals surface area contributed by atoms with E-state index in [0.29, 0.717) is 34.0 Å². The number of pyridine rings is 1. The van der Waals surface area contributed by atoms with Crippen molar-refractivity contribution in [2.45, 2.75) is 0 Å². The molecule has 0 unspecified atom stereocenters. The maximum atomic E-state index is 9.07. The minimum absolute atomic E-state index is 0. The number of rotatable bonds is 8. The summed E-state index contributed by atoms with van der Waals surface area (Å²) in [4.78, 5) is 7.32. The van der Waals surface area contributed by atoms with Gasteiger partial charge in [-0.2, -0.15) is 18.2 Å². The molecule has 7 heteroatoms. The van der Waals surface area contributed by atoms with Gasteiger partial charge in [-0.25, -0.2) is 4.98 Å². The maximum Gasteiger partial charge on any atom is 0.268 e. The molecular weight excluding hydrogens is 1070 g/mol. The first-order valence-electron chi connectivity index (χ1n) is 28.3. The number of imidazole rings is 1. The van der Waals surface area contributed by atoms with Gasteiger partial charge in [0.1, 0.15) is 5.82 Å². The number of fused-ring (bicyclic) bond motifs is 9. The number of benzene rings is 10. The van der Waals surface area contributed by atoms with Crippen LogP contribution < -0.4 is 14.2 Å². The molecule has 73 heavy (non-hydrogen) atoms. The van der Waals surface area contributed by atoms with Crippen LogP contribution >= 0.6 is 0 Å². The third-order valence-corrected chi connectivity index (χ3v) is 13.1. The molecular formula is C66H41N5OPt-2. The fraction of sp³-hybridized carbons (Fsp3) is 0. The van der Waals surface area contributed by atoms with Crippen molar-refractivity contribution in [1.29, 1.82) is 0 Å². The first-order chi connectivity index (χ1) is 39.9. The van der Waals surface area contributed by atoms with Crippen LogP contribution in [0.2, 0.25) is 0 Å². The van der Waals surface area contributed by atoms with E-state index < -0.39 is 60.4 Å². The van der Waals surface area contributed by atoms with Gasteiger partial charge in [-0.3, -0.25) is 4.57 Å². The molecule has 14 rings (SSSR count). The number of hydrogen-bond donors (Lipinski definition) is 0. The minimum atomic E-state index is -0.577. The van der Waals surface area contributed by atoms with E-state index >= 15 is 0 Å². The molecule has 0 saturated heterocycles. The van der Waals surface area contributed by atoms with Crippen LogP contribution in [0, 0.1) is 18.5 Å². The van der Waals surface area contributed by atoms with Gasteiger partial charge in [-0.1, -0.05) is 187 Å². The molecule has 10 aromatic carbocycles. The van der Waals surface area contributed by atoms with Crippen molar-refractivity contribution >= 4 is 49.9 Å². The third-order valence-electron chi connectivity index (χ3n) is 13.1. The Hall–Kier alpha value is -9.09. The summed E-state index contributed by atoms with van der Waals surface area (Å²) < 4.78 is 99.6. The van der Waals surface area contributed by atoms with E-state index in [0.717, 1.165) is 61.1 Å². The summed E-state index contributed by atoms with van der Waals surface area (Å²) in [6.07, 6.45) is 5.26. The SMILES string of the molecule is [2H]c1c([2H])c([2H])c(-c2cccc(-c3c([2H])c([2H])c([2H])c([2H])c3[2H])c2-[n+]2[c-]n(-c3[c-]c(Oc4[c-]c5c(cc4)c4ccccc4n5-c4cc(N5c6ccccc6-c6ccccc6-c6ccccc65)ccn4)ccc3)c3ccccc32)c([2H])c1[2H].[Pt]. The van der Waals surface area contributed by atoms with Gasteiger partial charge in [0.15, 0.2) is 0 Å². The number of nitrogens with zero attached hydrogens (tertiary/aromatic N) is 5. The topological polar surface area (TPSA) is 39.1 Å². The van der Waals surface area contributed by atoms with Crippen LogP contribution in [0.25, 0.3) is 94.5 Å². The van der Waals surface area contributed by atoms with Crippen molar-refractivity contribution in [3.8, 4) is 73.2 Å². The Morgan fingerprint density at radius 2 is 1.07 bits per heavy atom. The zero-order chi connectivity index (χ0) is 56.2. The standard InChI is InChI=1S/C66H41N5O.Pt/c1-3-19-45(20-4-1)51-30-18-31-52(46-21-5-2-6-22-46)66(51)69-44-68(62-35-15-16-36-63(62)69)47-23-17-24-49(41-47)72-50-37-38-58-57-29-11-14-34-61(57)71(64(58)43-50)65-42-48(39-40-67-65)70-59-32-12-9-27-55(59)53-25-7-8-26-54(53)56-28-10-13-33-60(56)70;/h1-40,42H;/q-2;/i1D,2D,3D,4D,5D,6D,19D,20D,21D,22D;. The molecule has 1 aliphatic heterocycles. The van der Waals surface area contributed by atoms with E-state index in [1.54, 1.807) is 39.5 Å². The number of ether oxygens (including phenoxy) is 1. The molecule has 0 bridgehead atoms. The van der Waals surface area contributed by atoms with Gasteiger partial charge in [-0.15, -0.1) is 29.7 Å². The summed E-state index contributed by atoms with van der Waals surface area (Å²) in [6.45, 7) is 0. The molecule has 3 aromatic heterocycles. The second-order valence-electron chi connectivity index (χ2n) is 17.2. The summed E-state index contributed by atoms with van der Waals surface area (Å²) in [6, 6.07) is 60.8. The minimum Gasteiger partial charge on any atom is -0.510 e. The fourth-order valence-corrected chi connectivity index (χ4v) is 10.1. The fourth-order valence-electron chi connectivity index (χ4n) is 10.1. The Morgan fingerprint density at radius 1 is 0.493 bits per heavy atom. The van der Waals surface area contributed by atoms with E-state index in [-0.39, 0.29) is 49.0 Å². The molecule has 0 atom stereocenters. The molecule has 1 aliphatic rings. The number of anilines is 3. The summed E-state index contributed by atoms with van der Waals surface area (Å²) in [5.74, 6) is 1.42. The molecule has 4 heterocycles. The molecule has 0 amide bonds. The van der Waals surface area contributed by atoms with E-state index in [4.69, 9.17) is 23.4 Å². The third kappa shape index (κ3) is 7.46. The molecule has 0 radical (unpaired) electrons. The largest absolute Gasteiger partial charge is 0.510 e. The van der Waals surface area contributed by atoms with Gasteiger partial charge in [0.25, 0.3) is 6.33 Å². The van der Waals surface area contributed by atoms with Crippen LogP contribution in [0.15, 0.2) is 249 Å². The summed E-state index contributed by atoms with van der Waals surface area (Å²) in [5, 5.41) is 1.95. The number of aromatic nitrogens is 4. The molecule has 0 fully saturated rings. The zero-order valence-electron chi connectivity index (χ0n) is 48.4. The van der Waals surface area contributed by atoms with Crippen molar-refractivity contribution in [2.24, 2.45) is 0 Å². The Kier molecular flexibility index (Phi) is 8.57. The van der Waals surface area contributed by atoms with E-state index in [1.165, 1.54) is 0 Å². The average molecular weight is 1130 g/mol. The Balaban J connectivity index is 0.00000645. The normalized spacial score (nSPS) is 13.6. The average Bonchev–Trinajstić information content (AvgIpc) is 4.25. The Morgan fingerprint density at radius 3 is 1.77 bits per heavy atom. The van der Waals surface area contributed by atoms with Crippen molar-refractivity contribution in [1.82, 2.24) is 14.1 Å². The molecule has 0 N–H and O–H groups in total. The predicted molar refractivity (Wildman–Crippen MR) is 290 cm³/mol. The molecule has 0 saturated carbocycles. The predicted octanol–water partition coefficient (Wildman–Crippen LogP) is 16.0. The first kappa shape index (κ1) is 34.3. The molecule has 0 aliphatic carbocycles. The molecule has 6 nitrogen and oxygen atoms in total. The van der Waals surface area contributed by atoms with Crippen molar-refractivity contribution < 1.29 is 44.1 Å².